The van der Waals surface area contributed by atoms with E-state index in [1.807, 2.05) is 27.9 Å². The minimum atomic E-state index is -0.0983. The van der Waals surface area contributed by atoms with E-state index in [1.165, 1.54) is 6.07 Å². The van der Waals surface area contributed by atoms with E-state index in [4.69, 9.17) is 0 Å². The van der Waals surface area contributed by atoms with Gasteiger partial charge in [0.1, 0.15) is 11.6 Å². The van der Waals surface area contributed by atoms with Crippen molar-refractivity contribution in [3.63, 3.8) is 0 Å². The molecule has 0 saturated carbocycles. The van der Waals surface area contributed by atoms with Crippen LogP contribution in [0, 0.1) is 0 Å². The highest BCUT2D eigenvalue weighted by Gasteiger charge is 2.04. The highest BCUT2D eigenvalue weighted by Crippen LogP contribution is 2.08. The van der Waals surface area contributed by atoms with Gasteiger partial charge in [-0.15, -0.1) is 0 Å². The molecule has 1 heterocycles. The number of H-pyrrole nitrogens is 1. The first-order valence-corrected chi connectivity index (χ1v) is 5.99. The summed E-state index contributed by atoms with van der Waals surface area (Å²) in [5, 5.41) is 3.18. The van der Waals surface area contributed by atoms with E-state index in [-0.39, 0.29) is 11.5 Å². The Kier molecular flexibility index (Phi) is 5.15. The number of hydrogen-bond donors (Lipinski definition) is 2. The summed E-state index contributed by atoms with van der Waals surface area (Å²) in [5.41, 5.74) is -0.0983. The maximum absolute atomic E-state index is 11.4. The lowest BCUT2D eigenvalue weighted by atomic mass is 10.2. The van der Waals surface area contributed by atoms with Gasteiger partial charge in [0.2, 0.25) is 0 Å². The highest BCUT2D eigenvalue weighted by molar-refractivity contribution is 5.33. The Morgan fingerprint density at radius 2 is 2.18 bits per heavy atom. The molecule has 0 fully saturated rings. The Balaban J connectivity index is 2.56. The summed E-state index contributed by atoms with van der Waals surface area (Å²) in [7, 11) is 4.09. The molecule has 5 heteroatoms. The van der Waals surface area contributed by atoms with Crippen LogP contribution in [0.2, 0.25) is 0 Å². The third-order valence-corrected chi connectivity index (χ3v) is 2.40. The van der Waals surface area contributed by atoms with Crippen LogP contribution in [0.1, 0.15) is 32.0 Å². The highest BCUT2D eigenvalue weighted by atomic mass is 16.1. The van der Waals surface area contributed by atoms with Gasteiger partial charge in [-0.2, -0.15) is 0 Å². The number of rotatable bonds is 6. The normalized spacial score (nSPS) is 11.2. The molecule has 1 rings (SSSR count). The van der Waals surface area contributed by atoms with Gasteiger partial charge < -0.3 is 15.2 Å². The predicted molar refractivity (Wildman–Crippen MR) is 70.6 cm³/mol. The van der Waals surface area contributed by atoms with Crippen LogP contribution < -0.4 is 10.9 Å². The van der Waals surface area contributed by atoms with E-state index >= 15 is 0 Å². The first-order chi connectivity index (χ1) is 7.99. The maximum atomic E-state index is 11.4. The molecule has 1 aromatic rings. The van der Waals surface area contributed by atoms with Crippen molar-refractivity contribution in [3.8, 4) is 0 Å². The van der Waals surface area contributed by atoms with Gasteiger partial charge in [-0.1, -0.05) is 13.8 Å². The number of nitrogens with zero attached hydrogens (tertiary/aromatic N) is 2. The van der Waals surface area contributed by atoms with E-state index in [2.05, 4.69) is 20.2 Å². The van der Waals surface area contributed by atoms with Crippen molar-refractivity contribution in [1.82, 2.24) is 14.9 Å². The largest absolute Gasteiger partial charge is 0.370 e. The van der Waals surface area contributed by atoms with Crippen molar-refractivity contribution in [1.29, 1.82) is 0 Å². The van der Waals surface area contributed by atoms with E-state index < -0.39 is 0 Å². The van der Waals surface area contributed by atoms with E-state index in [0.717, 1.165) is 25.3 Å². The Morgan fingerprint density at radius 1 is 1.47 bits per heavy atom. The van der Waals surface area contributed by atoms with Gasteiger partial charge in [-0.05, 0) is 27.1 Å². The van der Waals surface area contributed by atoms with Crippen LogP contribution in [0.25, 0.3) is 0 Å². The first-order valence-electron chi connectivity index (χ1n) is 5.99. The lowest BCUT2D eigenvalue weighted by molar-refractivity contribution is 0.405. The van der Waals surface area contributed by atoms with Gasteiger partial charge in [-0.3, -0.25) is 4.79 Å². The van der Waals surface area contributed by atoms with Crippen molar-refractivity contribution >= 4 is 5.82 Å². The Bertz CT molecular complexity index is 398. The SMILES string of the molecule is CC(C)c1nc(NCCCN(C)C)cc(=O)[nH]1. The van der Waals surface area contributed by atoms with Crippen LogP contribution in [-0.4, -0.2) is 42.1 Å². The molecule has 0 unspecified atom stereocenters. The topological polar surface area (TPSA) is 61.0 Å². The number of hydrogen-bond acceptors (Lipinski definition) is 4. The molecule has 0 aliphatic carbocycles. The second-order valence-electron chi connectivity index (χ2n) is 4.75. The average molecular weight is 238 g/mol. The van der Waals surface area contributed by atoms with Crippen molar-refractivity contribution in [2.75, 3.05) is 32.5 Å². The monoisotopic (exact) mass is 238 g/mol. The summed E-state index contributed by atoms with van der Waals surface area (Å²) in [6.07, 6.45) is 1.03. The Morgan fingerprint density at radius 3 is 2.76 bits per heavy atom. The molecule has 0 amide bonds. The van der Waals surface area contributed by atoms with Crippen LogP contribution in [0.15, 0.2) is 10.9 Å². The zero-order valence-corrected chi connectivity index (χ0v) is 11.1. The molecule has 2 N–H and O–H groups in total. The number of anilines is 1. The Labute approximate surface area is 102 Å². The van der Waals surface area contributed by atoms with Gasteiger partial charge in [0.25, 0.3) is 5.56 Å². The molecule has 0 aromatic carbocycles. The lowest BCUT2D eigenvalue weighted by Gasteiger charge is -2.11. The number of aromatic nitrogens is 2. The quantitative estimate of drug-likeness (QED) is 0.732. The fraction of sp³-hybridized carbons (Fsp3) is 0.667. The summed E-state index contributed by atoms with van der Waals surface area (Å²) in [6.45, 7) is 5.86. The summed E-state index contributed by atoms with van der Waals surface area (Å²) in [6, 6.07) is 1.50. The second-order valence-corrected chi connectivity index (χ2v) is 4.75. The van der Waals surface area contributed by atoms with Crippen molar-refractivity contribution in [3.05, 3.63) is 22.2 Å². The minimum Gasteiger partial charge on any atom is -0.370 e. The Hall–Kier alpha value is -1.36. The molecule has 0 bridgehead atoms. The number of aromatic amines is 1. The smallest absolute Gasteiger partial charge is 0.252 e. The van der Waals surface area contributed by atoms with Crippen molar-refractivity contribution in [2.24, 2.45) is 0 Å². The standard InChI is InChI=1S/C12H22N4O/c1-9(2)12-14-10(8-11(17)15-12)13-6-5-7-16(3)4/h8-9H,5-7H2,1-4H3,(H2,13,14,15,17). The van der Waals surface area contributed by atoms with Crippen molar-refractivity contribution in [2.45, 2.75) is 26.2 Å². The summed E-state index contributed by atoms with van der Waals surface area (Å²) in [4.78, 5) is 20.7. The van der Waals surface area contributed by atoms with Gasteiger partial charge in [-0.25, -0.2) is 4.98 Å². The summed E-state index contributed by atoms with van der Waals surface area (Å²) in [5.74, 6) is 1.62. The van der Waals surface area contributed by atoms with Crippen molar-refractivity contribution < 1.29 is 0 Å². The summed E-state index contributed by atoms with van der Waals surface area (Å²) >= 11 is 0. The molecule has 96 valence electrons. The molecule has 0 aliphatic rings. The molecule has 0 radical (unpaired) electrons. The molecule has 1 aromatic heterocycles. The molecular formula is C12H22N4O. The predicted octanol–water partition coefficient (Wildman–Crippen LogP) is 1.26. The minimum absolute atomic E-state index is 0.0983. The van der Waals surface area contributed by atoms with Gasteiger partial charge in [0, 0.05) is 18.5 Å². The fourth-order valence-corrected chi connectivity index (χ4v) is 1.45. The zero-order valence-electron chi connectivity index (χ0n) is 11.1. The van der Waals surface area contributed by atoms with Gasteiger partial charge in [0.05, 0.1) is 0 Å². The van der Waals surface area contributed by atoms with E-state index in [9.17, 15) is 4.79 Å². The molecule has 5 nitrogen and oxygen atoms in total. The van der Waals surface area contributed by atoms with Gasteiger partial charge >= 0.3 is 0 Å². The zero-order chi connectivity index (χ0) is 12.8. The second kappa shape index (κ2) is 6.39. The fourth-order valence-electron chi connectivity index (χ4n) is 1.45. The lowest BCUT2D eigenvalue weighted by Crippen LogP contribution is -2.18. The average Bonchev–Trinajstić information content (AvgIpc) is 2.23. The molecular weight excluding hydrogens is 216 g/mol. The van der Waals surface area contributed by atoms with Crippen LogP contribution in [0.3, 0.4) is 0 Å². The molecule has 0 spiro atoms. The third-order valence-electron chi connectivity index (χ3n) is 2.40. The first kappa shape index (κ1) is 13.7. The van der Waals surface area contributed by atoms with Gasteiger partial charge in [0.15, 0.2) is 0 Å². The molecule has 0 aliphatic heterocycles. The van der Waals surface area contributed by atoms with E-state index in [1.54, 1.807) is 0 Å². The van der Waals surface area contributed by atoms with E-state index in [0.29, 0.717) is 5.82 Å². The summed E-state index contributed by atoms with van der Waals surface area (Å²) < 4.78 is 0. The molecule has 0 atom stereocenters. The molecule has 0 saturated heterocycles. The number of nitrogens with one attached hydrogen (secondary N) is 2. The maximum Gasteiger partial charge on any atom is 0.252 e. The third kappa shape index (κ3) is 4.99. The van der Waals surface area contributed by atoms with Crippen LogP contribution in [-0.2, 0) is 0 Å². The van der Waals surface area contributed by atoms with Crippen LogP contribution in [0.5, 0.6) is 0 Å². The molecule has 17 heavy (non-hydrogen) atoms. The van der Waals surface area contributed by atoms with Crippen LogP contribution in [0.4, 0.5) is 5.82 Å². The van der Waals surface area contributed by atoms with Crippen LogP contribution >= 0.6 is 0 Å².